The molecule has 20 heavy (non-hydrogen) atoms. The van der Waals surface area contributed by atoms with Crippen molar-refractivity contribution in [2.75, 3.05) is 13.7 Å². The molecular formula is C16H26N2O2. The lowest BCUT2D eigenvalue weighted by Gasteiger charge is -2.25. The Morgan fingerprint density at radius 2 is 2.15 bits per heavy atom. The minimum atomic E-state index is -0.623. The largest absolute Gasteiger partial charge is 0.494 e. The molecule has 0 bridgehead atoms. The van der Waals surface area contributed by atoms with Gasteiger partial charge in [-0.25, -0.2) is 0 Å². The molecule has 112 valence electrons. The van der Waals surface area contributed by atoms with Gasteiger partial charge in [0, 0.05) is 0 Å². The minimum Gasteiger partial charge on any atom is -0.494 e. The molecule has 0 aliphatic rings. The van der Waals surface area contributed by atoms with Gasteiger partial charge in [0.05, 0.1) is 12.1 Å². The number of amides is 1. The zero-order chi connectivity index (χ0) is 15.0. The number of rotatable bonds is 9. The molecule has 0 saturated carbocycles. The van der Waals surface area contributed by atoms with Gasteiger partial charge < -0.3 is 15.8 Å². The second-order valence-corrected chi connectivity index (χ2v) is 5.25. The van der Waals surface area contributed by atoms with Crippen LogP contribution >= 0.6 is 0 Å². The summed E-state index contributed by atoms with van der Waals surface area (Å²) in [6, 6.07) is 8.15. The van der Waals surface area contributed by atoms with Gasteiger partial charge in [-0.05, 0) is 57.4 Å². The third-order valence-corrected chi connectivity index (χ3v) is 3.74. The van der Waals surface area contributed by atoms with Gasteiger partial charge in [0.1, 0.15) is 5.75 Å². The third-order valence-electron chi connectivity index (χ3n) is 3.74. The SMILES string of the molecule is CCc1cccc(OCCCCC(C)(NC)C(N)=O)c1. The number of carbonyl (C=O) groups is 1. The molecule has 1 unspecified atom stereocenters. The van der Waals surface area contributed by atoms with Crippen LogP contribution in [0.2, 0.25) is 0 Å². The molecule has 0 fully saturated rings. The highest BCUT2D eigenvalue weighted by molar-refractivity contribution is 5.84. The molecule has 0 spiro atoms. The molecule has 3 N–H and O–H groups in total. The smallest absolute Gasteiger partial charge is 0.237 e. The first-order chi connectivity index (χ1) is 9.51. The highest BCUT2D eigenvalue weighted by atomic mass is 16.5. The van der Waals surface area contributed by atoms with E-state index in [4.69, 9.17) is 10.5 Å². The number of nitrogens with one attached hydrogen (secondary N) is 1. The van der Waals surface area contributed by atoms with Gasteiger partial charge in [-0.3, -0.25) is 4.79 Å². The van der Waals surface area contributed by atoms with Crippen LogP contribution in [0.15, 0.2) is 24.3 Å². The van der Waals surface area contributed by atoms with Crippen LogP contribution in [0.5, 0.6) is 5.75 Å². The number of benzene rings is 1. The first-order valence-corrected chi connectivity index (χ1v) is 7.22. The second-order valence-electron chi connectivity index (χ2n) is 5.25. The lowest BCUT2D eigenvalue weighted by molar-refractivity contribution is -0.123. The molecule has 0 aliphatic carbocycles. The van der Waals surface area contributed by atoms with Gasteiger partial charge in [-0.1, -0.05) is 19.1 Å². The van der Waals surface area contributed by atoms with Crippen molar-refractivity contribution in [3.63, 3.8) is 0 Å². The van der Waals surface area contributed by atoms with E-state index in [-0.39, 0.29) is 5.91 Å². The van der Waals surface area contributed by atoms with E-state index in [1.54, 1.807) is 7.05 Å². The Kier molecular flexibility index (Phi) is 6.52. The maximum Gasteiger partial charge on any atom is 0.237 e. The van der Waals surface area contributed by atoms with Crippen molar-refractivity contribution >= 4 is 5.91 Å². The van der Waals surface area contributed by atoms with E-state index >= 15 is 0 Å². The topological polar surface area (TPSA) is 64.3 Å². The van der Waals surface area contributed by atoms with Crippen molar-refractivity contribution in [1.29, 1.82) is 0 Å². The third kappa shape index (κ3) is 4.85. The van der Waals surface area contributed by atoms with Crippen LogP contribution in [0.1, 0.15) is 38.7 Å². The maximum atomic E-state index is 11.3. The van der Waals surface area contributed by atoms with Gasteiger partial charge in [0.2, 0.25) is 5.91 Å². The number of aryl methyl sites for hydroxylation is 1. The fraction of sp³-hybridized carbons (Fsp3) is 0.562. The van der Waals surface area contributed by atoms with Crippen LogP contribution < -0.4 is 15.8 Å². The zero-order valence-corrected chi connectivity index (χ0v) is 12.7. The van der Waals surface area contributed by atoms with Crippen molar-refractivity contribution in [2.45, 2.75) is 45.1 Å². The standard InChI is InChI=1S/C16H26N2O2/c1-4-13-8-7-9-14(12-13)20-11-6-5-10-16(2,18-3)15(17)19/h7-9,12,18H,4-6,10-11H2,1-3H3,(H2,17,19). The van der Waals surface area contributed by atoms with Gasteiger partial charge in [-0.15, -0.1) is 0 Å². The van der Waals surface area contributed by atoms with Crippen molar-refractivity contribution < 1.29 is 9.53 Å². The Labute approximate surface area is 121 Å². The molecule has 0 heterocycles. The monoisotopic (exact) mass is 278 g/mol. The van der Waals surface area contributed by atoms with Crippen LogP contribution in [0, 0.1) is 0 Å². The molecular weight excluding hydrogens is 252 g/mol. The summed E-state index contributed by atoms with van der Waals surface area (Å²) in [5, 5.41) is 2.99. The first kappa shape index (κ1) is 16.5. The number of ether oxygens (including phenoxy) is 1. The number of likely N-dealkylation sites (N-methyl/N-ethyl adjacent to an activating group) is 1. The molecule has 1 atom stereocenters. The molecule has 1 aromatic rings. The summed E-state index contributed by atoms with van der Waals surface area (Å²) in [5.41, 5.74) is 6.04. The average Bonchev–Trinajstić information content (AvgIpc) is 2.46. The van der Waals surface area contributed by atoms with Gasteiger partial charge in [0.25, 0.3) is 0 Å². The van der Waals surface area contributed by atoms with Crippen molar-refractivity contribution in [2.24, 2.45) is 5.73 Å². The molecule has 1 amide bonds. The Hall–Kier alpha value is -1.55. The molecule has 0 aliphatic heterocycles. The maximum absolute atomic E-state index is 11.3. The lowest BCUT2D eigenvalue weighted by Crippen LogP contribution is -2.51. The highest BCUT2D eigenvalue weighted by Gasteiger charge is 2.27. The van der Waals surface area contributed by atoms with Gasteiger partial charge in [0.15, 0.2) is 0 Å². The number of carbonyl (C=O) groups excluding carboxylic acids is 1. The highest BCUT2D eigenvalue weighted by Crippen LogP contribution is 2.16. The zero-order valence-electron chi connectivity index (χ0n) is 12.7. The Balaban J connectivity index is 2.30. The van der Waals surface area contributed by atoms with Crippen molar-refractivity contribution in [1.82, 2.24) is 5.32 Å². The summed E-state index contributed by atoms with van der Waals surface area (Å²) in [6.45, 7) is 4.62. The molecule has 0 saturated heterocycles. The quantitative estimate of drug-likeness (QED) is 0.681. The van der Waals surface area contributed by atoms with Crippen LogP contribution in [-0.2, 0) is 11.2 Å². The van der Waals surface area contributed by atoms with Crippen molar-refractivity contribution in [3.05, 3.63) is 29.8 Å². The van der Waals surface area contributed by atoms with Crippen LogP contribution in [-0.4, -0.2) is 25.1 Å². The fourth-order valence-electron chi connectivity index (χ4n) is 2.00. The van der Waals surface area contributed by atoms with E-state index in [2.05, 4.69) is 24.4 Å². The van der Waals surface area contributed by atoms with E-state index in [0.717, 1.165) is 31.4 Å². The summed E-state index contributed by atoms with van der Waals surface area (Å²) >= 11 is 0. The molecule has 0 aromatic heterocycles. The predicted octanol–water partition coefficient (Wildman–Crippen LogP) is 2.26. The number of primary amides is 1. The summed E-state index contributed by atoms with van der Waals surface area (Å²) in [6.07, 6.45) is 3.53. The minimum absolute atomic E-state index is 0.309. The van der Waals surface area contributed by atoms with Crippen LogP contribution in [0.3, 0.4) is 0 Å². The molecule has 0 radical (unpaired) electrons. The average molecular weight is 278 g/mol. The van der Waals surface area contributed by atoms with E-state index in [1.165, 1.54) is 5.56 Å². The van der Waals surface area contributed by atoms with E-state index in [0.29, 0.717) is 6.61 Å². The fourth-order valence-corrected chi connectivity index (χ4v) is 2.00. The normalized spacial score (nSPS) is 13.8. The first-order valence-electron chi connectivity index (χ1n) is 7.22. The van der Waals surface area contributed by atoms with Crippen LogP contribution in [0.25, 0.3) is 0 Å². The van der Waals surface area contributed by atoms with E-state index in [9.17, 15) is 4.79 Å². The van der Waals surface area contributed by atoms with E-state index in [1.807, 2.05) is 19.1 Å². The summed E-state index contributed by atoms with van der Waals surface area (Å²) in [5.74, 6) is 0.604. The van der Waals surface area contributed by atoms with Crippen molar-refractivity contribution in [3.8, 4) is 5.75 Å². The Bertz CT molecular complexity index is 434. The Morgan fingerprint density at radius 3 is 2.75 bits per heavy atom. The summed E-state index contributed by atoms with van der Waals surface area (Å²) in [7, 11) is 1.76. The molecule has 4 heteroatoms. The lowest BCUT2D eigenvalue weighted by atomic mass is 9.94. The van der Waals surface area contributed by atoms with Gasteiger partial charge in [-0.2, -0.15) is 0 Å². The summed E-state index contributed by atoms with van der Waals surface area (Å²) < 4.78 is 5.72. The molecule has 1 aromatic carbocycles. The van der Waals surface area contributed by atoms with E-state index < -0.39 is 5.54 Å². The molecule has 4 nitrogen and oxygen atoms in total. The summed E-state index contributed by atoms with van der Waals surface area (Å²) in [4.78, 5) is 11.3. The molecule has 1 rings (SSSR count). The number of unbranched alkanes of at least 4 members (excludes halogenated alkanes) is 1. The number of nitrogens with two attached hydrogens (primary N) is 1. The Morgan fingerprint density at radius 1 is 1.40 bits per heavy atom. The predicted molar refractivity (Wildman–Crippen MR) is 81.8 cm³/mol. The second kappa shape index (κ2) is 7.90. The number of hydrogen-bond acceptors (Lipinski definition) is 3. The van der Waals surface area contributed by atoms with Gasteiger partial charge >= 0.3 is 0 Å². The van der Waals surface area contributed by atoms with Crippen LogP contribution in [0.4, 0.5) is 0 Å². The number of hydrogen-bond donors (Lipinski definition) is 2.